The first-order valence-corrected chi connectivity index (χ1v) is 10.6. The number of hydrogen-bond acceptors (Lipinski definition) is 4. The number of fused-ring (bicyclic) bond motifs is 2. The summed E-state index contributed by atoms with van der Waals surface area (Å²) in [5.74, 6) is 0.668. The molecular formula is C24H28N4O2. The smallest absolute Gasteiger partial charge is 0.261 e. The average molecular weight is 405 g/mol. The highest BCUT2D eigenvalue weighted by Gasteiger charge is 2.19. The molecule has 4 rings (SSSR count). The van der Waals surface area contributed by atoms with E-state index in [4.69, 9.17) is 4.98 Å². The van der Waals surface area contributed by atoms with Crippen LogP contribution in [0.2, 0.25) is 0 Å². The van der Waals surface area contributed by atoms with Crippen LogP contribution in [0.5, 0.6) is 0 Å². The monoisotopic (exact) mass is 404 g/mol. The number of carbonyl (C=O) groups is 1. The van der Waals surface area contributed by atoms with Crippen LogP contribution in [0.4, 0.5) is 0 Å². The van der Waals surface area contributed by atoms with Crippen molar-refractivity contribution in [2.45, 2.75) is 38.3 Å². The molecule has 0 saturated heterocycles. The van der Waals surface area contributed by atoms with Crippen molar-refractivity contribution in [2.75, 3.05) is 20.6 Å². The lowest BCUT2D eigenvalue weighted by Gasteiger charge is -2.23. The fourth-order valence-corrected chi connectivity index (χ4v) is 4.09. The van der Waals surface area contributed by atoms with E-state index in [9.17, 15) is 9.59 Å². The second kappa shape index (κ2) is 8.79. The molecule has 1 aliphatic heterocycles. The molecule has 0 spiro atoms. The Morgan fingerprint density at radius 1 is 1.13 bits per heavy atom. The van der Waals surface area contributed by atoms with Crippen molar-refractivity contribution in [1.29, 1.82) is 0 Å². The summed E-state index contributed by atoms with van der Waals surface area (Å²) < 4.78 is 1.80. The van der Waals surface area contributed by atoms with Gasteiger partial charge in [-0.3, -0.25) is 14.2 Å². The number of likely N-dealkylation sites (N-methyl/N-ethyl adjacent to an activating group) is 1. The molecular weight excluding hydrogens is 376 g/mol. The van der Waals surface area contributed by atoms with Gasteiger partial charge in [0.25, 0.3) is 11.5 Å². The zero-order valence-electron chi connectivity index (χ0n) is 17.6. The summed E-state index contributed by atoms with van der Waals surface area (Å²) in [6.07, 6.45) is 3.97. The number of amides is 1. The number of benzene rings is 2. The lowest BCUT2D eigenvalue weighted by molar-refractivity contribution is 0.0930. The van der Waals surface area contributed by atoms with Crippen LogP contribution in [0.25, 0.3) is 10.9 Å². The van der Waals surface area contributed by atoms with Crippen molar-refractivity contribution in [1.82, 2.24) is 19.8 Å². The number of aromatic nitrogens is 2. The standard InChI is InChI=1S/C24H28N4O2/c1-27(2)16-21(17-9-5-3-6-10-17)26-23(29)18-12-13-19-20(15-18)25-22-11-7-4-8-14-28(22)24(19)30/h3,5-6,9-10,12-13,15,21H,4,7-8,11,14,16H2,1-2H3,(H,26,29)/t21-/m0/s1. The van der Waals surface area contributed by atoms with Crippen LogP contribution in [0.15, 0.2) is 53.3 Å². The van der Waals surface area contributed by atoms with Gasteiger partial charge < -0.3 is 10.2 Å². The molecule has 1 aliphatic rings. The largest absolute Gasteiger partial charge is 0.344 e. The van der Waals surface area contributed by atoms with E-state index in [0.29, 0.717) is 23.0 Å². The van der Waals surface area contributed by atoms with Gasteiger partial charge in [-0.2, -0.15) is 0 Å². The molecule has 0 aliphatic carbocycles. The Morgan fingerprint density at radius 3 is 2.70 bits per heavy atom. The highest BCUT2D eigenvalue weighted by atomic mass is 16.1. The van der Waals surface area contributed by atoms with Crippen molar-refractivity contribution < 1.29 is 4.79 Å². The Bertz CT molecular complexity index is 1110. The minimum atomic E-state index is -0.163. The van der Waals surface area contributed by atoms with E-state index < -0.39 is 0 Å². The van der Waals surface area contributed by atoms with Crippen molar-refractivity contribution in [3.05, 3.63) is 75.8 Å². The van der Waals surface area contributed by atoms with Crippen LogP contribution in [0.3, 0.4) is 0 Å². The molecule has 1 aromatic heterocycles. The molecule has 30 heavy (non-hydrogen) atoms. The van der Waals surface area contributed by atoms with E-state index in [1.54, 1.807) is 22.8 Å². The van der Waals surface area contributed by atoms with E-state index in [1.165, 1.54) is 0 Å². The zero-order valence-corrected chi connectivity index (χ0v) is 17.6. The Labute approximate surface area is 176 Å². The predicted octanol–water partition coefficient (Wildman–Crippen LogP) is 3.16. The minimum absolute atomic E-state index is 0.00127. The van der Waals surface area contributed by atoms with Gasteiger partial charge in [0.05, 0.1) is 16.9 Å². The molecule has 156 valence electrons. The first kappa shape index (κ1) is 20.3. The highest BCUT2D eigenvalue weighted by molar-refractivity contribution is 5.97. The number of rotatable bonds is 5. The Hall–Kier alpha value is -2.99. The highest BCUT2D eigenvalue weighted by Crippen LogP contribution is 2.18. The molecule has 0 fully saturated rings. The molecule has 0 bridgehead atoms. The number of nitrogens with one attached hydrogen (secondary N) is 1. The maximum absolute atomic E-state index is 13.0. The summed E-state index contributed by atoms with van der Waals surface area (Å²) in [5, 5.41) is 3.72. The van der Waals surface area contributed by atoms with Crippen LogP contribution in [-0.4, -0.2) is 41.0 Å². The third-order valence-corrected chi connectivity index (χ3v) is 5.63. The van der Waals surface area contributed by atoms with Crippen molar-refractivity contribution in [3.63, 3.8) is 0 Å². The first-order valence-electron chi connectivity index (χ1n) is 10.6. The van der Waals surface area contributed by atoms with Crippen LogP contribution in [0.1, 0.15) is 47.1 Å². The van der Waals surface area contributed by atoms with E-state index in [0.717, 1.165) is 43.6 Å². The molecule has 1 N–H and O–H groups in total. The summed E-state index contributed by atoms with van der Waals surface area (Å²) in [4.78, 5) is 32.7. The maximum Gasteiger partial charge on any atom is 0.261 e. The number of nitrogens with zero attached hydrogens (tertiary/aromatic N) is 3. The van der Waals surface area contributed by atoms with Gasteiger partial charge in [-0.25, -0.2) is 4.98 Å². The van der Waals surface area contributed by atoms with E-state index in [2.05, 4.69) is 10.2 Å². The number of hydrogen-bond donors (Lipinski definition) is 1. The summed E-state index contributed by atoms with van der Waals surface area (Å²) in [6.45, 7) is 1.42. The molecule has 6 nitrogen and oxygen atoms in total. The van der Waals surface area contributed by atoms with Gasteiger partial charge in [-0.05, 0) is 50.7 Å². The normalized spacial score (nSPS) is 14.9. The van der Waals surface area contributed by atoms with Crippen LogP contribution in [-0.2, 0) is 13.0 Å². The summed E-state index contributed by atoms with van der Waals surface area (Å²) in [7, 11) is 3.97. The molecule has 0 unspecified atom stereocenters. The zero-order chi connectivity index (χ0) is 21.1. The maximum atomic E-state index is 13.0. The van der Waals surface area contributed by atoms with Gasteiger partial charge in [0, 0.05) is 25.1 Å². The second-order valence-corrected chi connectivity index (χ2v) is 8.23. The number of aryl methyl sites for hydroxylation is 1. The topological polar surface area (TPSA) is 67.2 Å². The number of carbonyl (C=O) groups excluding carboxylic acids is 1. The van der Waals surface area contributed by atoms with Crippen LogP contribution < -0.4 is 10.9 Å². The van der Waals surface area contributed by atoms with Crippen molar-refractivity contribution >= 4 is 16.8 Å². The van der Waals surface area contributed by atoms with E-state index in [-0.39, 0.29) is 17.5 Å². The first-order chi connectivity index (χ1) is 14.5. The van der Waals surface area contributed by atoms with E-state index in [1.807, 2.05) is 44.4 Å². The Morgan fingerprint density at radius 2 is 1.93 bits per heavy atom. The molecule has 3 aromatic rings. The summed E-state index contributed by atoms with van der Waals surface area (Å²) >= 11 is 0. The van der Waals surface area contributed by atoms with Gasteiger partial charge in [-0.15, -0.1) is 0 Å². The van der Waals surface area contributed by atoms with Crippen molar-refractivity contribution in [3.8, 4) is 0 Å². The summed E-state index contributed by atoms with van der Waals surface area (Å²) in [5.41, 5.74) is 2.18. The molecule has 1 amide bonds. The Kier molecular flexibility index (Phi) is 5.95. The Balaban J connectivity index is 1.65. The minimum Gasteiger partial charge on any atom is -0.344 e. The quantitative estimate of drug-likeness (QED) is 0.709. The molecule has 0 saturated carbocycles. The molecule has 6 heteroatoms. The fourth-order valence-electron chi connectivity index (χ4n) is 4.09. The lowest BCUT2D eigenvalue weighted by atomic mass is 10.1. The van der Waals surface area contributed by atoms with Gasteiger partial charge >= 0.3 is 0 Å². The van der Waals surface area contributed by atoms with E-state index >= 15 is 0 Å². The summed E-state index contributed by atoms with van der Waals surface area (Å²) in [6, 6.07) is 15.0. The third kappa shape index (κ3) is 4.28. The second-order valence-electron chi connectivity index (χ2n) is 8.23. The molecule has 2 aromatic carbocycles. The average Bonchev–Trinajstić information content (AvgIpc) is 2.99. The van der Waals surface area contributed by atoms with Crippen LogP contribution in [0, 0.1) is 0 Å². The van der Waals surface area contributed by atoms with Gasteiger partial charge in [-0.1, -0.05) is 36.8 Å². The van der Waals surface area contributed by atoms with Gasteiger partial charge in [0.1, 0.15) is 5.82 Å². The van der Waals surface area contributed by atoms with Gasteiger partial charge in [0.2, 0.25) is 0 Å². The molecule has 2 heterocycles. The van der Waals surface area contributed by atoms with Crippen LogP contribution >= 0.6 is 0 Å². The molecule has 0 radical (unpaired) electrons. The fraction of sp³-hybridized carbons (Fsp3) is 0.375. The van der Waals surface area contributed by atoms with Crippen molar-refractivity contribution in [2.24, 2.45) is 0 Å². The third-order valence-electron chi connectivity index (χ3n) is 5.63. The SMILES string of the molecule is CN(C)C[C@H](NC(=O)c1ccc2c(=O)n3c(nc2c1)CCCCC3)c1ccccc1. The van der Waals surface area contributed by atoms with Gasteiger partial charge in [0.15, 0.2) is 0 Å². The lowest BCUT2D eigenvalue weighted by Crippen LogP contribution is -2.35. The molecule has 1 atom stereocenters. The predicted molar refractivity (Wildman–Crippen MR) is 119 cm³/mol.